The Morgan fingerprint density at radius 3 is 2.61 bits per heavy atom. The predicted octanol–water partition coefficient (Wildman–Crippen LogP) is 3.73. The van der Waals surface area contributed by atoms with Crippen molar-refractivity contribution in [3.63, 3.8) is 0 Å². The fourth-order valence-corrected chi connectivity index (χ4v) is 4.16. The van der Waals surface area contributed by atoms with Gasteiger partial charge in [0.15, 0.2) is 22.5 Å². The summed E-state index contributed by atoms with van der Waals surface area (Å²) in [5.74, 6) is 1.79. The summed E-state index contributed by atoms with van der Waals surface area (Å²) in [6.07, 6.45) is 0. The van der Waals surface area contributed by atoms with Crippen molar-refractivity contribution < 1.29 is 18.7 Å². The van der Waals surface area contributed by atoms with Crippen LogP contribution in [0.15, 0.2) is 47.6 Å². The maximum absolute atomic E-state index is 13.5. The lowest BCUT2D eigenvalue weighted by atomic mass is 10.1. The van der Waals surface area contributed by atoms with Gasteiger partial charge in [-0.1, -0.05) is 17.8 Å². The van der Waals surface area contributed by atoms with Crippen LogP contribution in [0.1, 0.15) is 37.3 Å². The number of ether oxygens (including phenoxy) is 2. The van der Waals surface area contributed by atoms with Crippen LogP contribution in [0.5, 0.6) is 11.5 Å². The van der Waals surface area contributed by atoms with Gasteiger partial charge in [-0.3, -0.25) is 14.3 Å². The van der Waals surface area contributed by atoms with Crippen LogP contribution in [0.3, 0.4) is 0 Å². The molecule has 1 aliphatic rings. The van der Waals surface area contributed by atoms with Crippen LogP contribution < -0.4 is 14.8 Å². The van der Waals surface area contributed by atoms with Crippen LogP contribution >= 0.6 is 11.8 Å². The Labute approximate surface area is 196 Å². The van der Waals surface area contributed by atoms with Gasteiger partial charge in [-0.15, -0.1) is 10.2 Å². The second-order valence-corrected chi connectivity index (χ2v) is 8.93. The van der Waals surface area contributed by atoms with Crippen molar-refractivity contribution in [2.24, 2.45) is 0 Å². The Kier molecular flexibility index (Phi) is 6.85. The van der Waals surface area contributed by atoms with Crippen LogP contribution in [-0.4, -0.2) is 52.2 Å². The molecule has 4 rings (SSSR count). The van der Waals surface area contributed by atoms with Crippen molar-refractivity contribution in [3.8, 4) is 17.2 Å². The monoisotopic (exact) mass is 471 g/mol. The lowest BCUT2D eigenvalue weighted by Gasteiger charge is -2.20. The summed E-state index contributed by atoms with van der Waals surface area (Å²) in [4.78, 5) is 14.7. The van der Waals surface area contributed by atoms with E-state index in [2.05, 4.69) is 15.5 Å². The molecule has 8 nitrogen and oxygen atoms in total. The minimum atomic E-state index is -0.319. The number of rotatable bonds is 8. The quantitative estimate of drug-likeness (QED) is 0.502. The Hall–Kier alpha value is -3.11. The molecule has 10 heteroatoms. The smallest absolute Gasteiger partial charge is 0.231 e. The first kappa shape index (κ1) is 23.1. The molecule has 0 bridgehead atoms. The summed E-state index contributed by atoms with van der Waals surface area (Å²) in [6.45, 7) is 4.13. The first-order valence-electron chi connectivity index (χ1n) is 10.5. The largest absolute Gasteiger partial charge is 0.454 e. The van der Waals surface area contributed by atoms with Gasteiger partial charge >= 0.3 is 0 Å². The predicted molar refractivity (Wildman–Crippen MR) is 123 cm³/mol. The number of fused-ring (bicyclic) bond motifs is 1. The lowest BCUT2D eigenvalue weighted by molar-refractivity contribution is -0.119. The second kappa shape index (κ2) is 9.80. The van der Waals surface area contributed by atoms with E-state index in [0.29, 0.717) is 22.5 Å². The van der Waals surface area contributed by atoms with Gasteiger partial charge in [0.25, 0.3) is 0 Å². The number of nitrogens with zero attached hydrogens (tertiary/aromatic N) is 4. The van der Waals surface area contributed by atoms with E-state index in [-0.39, 0.29) is 36.4 Å². The van der Waals surface area contributed by atoms with Gasteiger partial charge in [-0.05, 0) is 69.9 Å². The molecule has 1 aliphatic heterocycles. The Morgan fingerprint density at radius 1 is 1.15 bits per heavy atom. The van der Waals surface area contributed by atoms with Crippen molar-refractivity contribution in [2.45, 2.75) is 31.1 Å². The van der Waals surface area contributed by atoms with Crippen LogP contribution in [0.2, 0.25) is 0 Å². The number of nitrogens with one attached hydrogen (secondary N) is 1. The summed E-state index contributed by atoms with van der Waals surface area (Å²) < 4.78 is 26.1. The average molecular weight is 472 g/mol. The molecule has 174 valence electrons. The Morgan fingerprint density at radius 2 is 1.88 bits per heavy atom. The average Bonchev–Trinajstić information content (AvgIpc) is 3.44. The SMILES string of the molecule is C[C@H](NC(=O)CSc1nnc([C@@H](C)N(C)C)n1-c1ccc(F)cc1)c1ccc2c(c1)OCO2. The minimum Gasteiger partial charge on any atom is -0.454 e. The van der Waals surface area contributed by atoms with E-state index in [0.717, 1.165) is 11.3 Å². The molecule has 1 aromatic heterocycles. The van der Waals surface area contributed by atoms with E-state index in [1.54, 1.807) is 12.1 Å². The zero-order valence-electron chi connectivity index (χ0n) is 18.9. The van der Waals surface area contributed by atoms with Gasteiger partial charge in [0, 0.05) is 5.69 Å². The lowest BCUT2D eigenvalue weighted by Crippen LogP contribution is -2.28. The third kappa shape index (κ3) is 5.12. The van der Waals surface area contributed by atoms with Gasteiger partial charge in [-0.25, -0.2) is 4.39 Å². The molecule has 1 N–H and O–H groups in total. The van der Waals surface area contributed by atoms with Crippen molar-refractivity contribution in [1.82, 2.24) is 25.0 Å². The first-order chi connectivity index (χ1) is 15.8. The number of carbonyl (C=O) groups is 1. The molecule has 0 saturated heterocycles. The summed E-state index contributed by atoms with van der Waals surface area (Å²) in [6, 6.07) is 11.5. The second-order valence-electron chi connectivity index (χ2n) is 7.98. The maximum atomic E-state index is 13.5. The molecule has 0 aliphatic carbocycles. The number of thioether (sulfide) groups is 1. The van der Waals surface area contributed by atoms with Crippen LogP contribution in [0.25, 0.3) is 5.69 Å². The molecule has 0 fully saturated rings. The molecule has 2 aromatic carbocycles. The molecule has 0 saturated carbocycles. The topological polar surface area (TPSA) is 81.5 Å². The van der Waals surface area contributed by atoms with Crippen LogP contribution in [0, 0.1) is 5.82 Å². The Balaban J connectivity index is 1.47. The molecule has 0 spiro atoms. The molecule has 0 unspecified atom stereocenters. The summed E-state index contributed by atoms with van der Waals surface area (Å²) in [5, 5.41) is 12.2. The van der Waals surface area contributed by atoms with Crippen LogP contribution in [-0.2, 0) is 4.79 Å². The number of carbonyl (C=O) groups excluding carboxylic acids is 1. The van der Waals surface area contributed by atoms with E-state index >= 15 is 0 Å². The number of aromatic nitrogens is 3. The highest BCUT2D eigenvalue weighted by molar-refractivity contribution is 7.99. The van der Waals surface area contributed by atoms with Crippen molar-refractivity contribution in [1.29, 1.82) is 0 Å². The minimum absolute atomic E-state index is 0.0308. The fourth-order valence-electron chi connectivity index (χ4n) is 3.39. The third-order valence-electron chi connectivity index (χ3n) is 5.50. The van der Waals surface area contributed by atoms with E-state index in [1.807, 2.05) is 55.6 Å². The van der Waals surface area contributed by atoms with E-state index < -0.39 is 0 Å². The highest BCUT2D eigenvalue weighted by Gasteiger charge is 2.22. The number of amides is 1. The van der Waals surface area contributed by atoms with E-state index in [9.17, 15) is 9.18 Å². The normalized spacial score (nSPS) is 14.4. The van der Waals surface area contributed by atoms with Gasteiger partial charge in [-0.2, -0.15) is 0 Å². The maximum Gasteiger partial charge on any atom is 0.231 e. The summed E-state index contributed by atoms with van der Waals surface area (Å²) in [7, 11) is 3.90. The van der Waals surface area contributed by atoms with Crippen molar-refractivity contribution >= 4 is 17.7 Å². The standard InChI is InChI=1S/C23H26FN5O3S/c1-14(16-5-10-19-20(11-16)32-13-31-19)25-21(30)12-33-23-27-26-22(15(2)28(3)4)29(23)18-8-6-17(24)7-9-18/h5-11,14-15H,12-13H2,1-4H3,(H,25,30)/t14-,15+/m0/s1. The van der Waals surface area contributed by atoms with Gasteiger partial charge in [0.1, 0.15) is 5.82 Å². The Bertz CT molecular complexity index is 1140. The highest BCUT2D eigenvalue weighted by Crippen LogP contribution is 2.34. The van der Waals surface area contributed by atoms with Crippen molar-refractivity contribution in [2.75, 3.05) is 26.6 Å². The van der Waals surface area contributed by atoms with Crippen molar-refractivity contribution in [3.05, 3.63) is 59.7 Å². The number of halogens is 1. The molecular formula is C23H26FN5O3S. The zero-order valence-corrected chi connectivity index (χ0v) is 19.7. The molecule has 2 heterocycles. The third-order valence-corrected chi connectivity index (χ3v) is 6.43. The summed E-state index contributed by atoms with van der Waals surface area (Å²) >= 11 is 1.28. The van der Waals surface area contributed by atoms with Gasteiger partial charge in [0.2, 0.25) is 12.7 Å². The number of hydrogen-bond donors (Lipinski definition) is 1. The zero-order chi connectivity index (χ0) is 23.5. The molecule has 1 amide bonds. The van der Waals surface area contributed by atoms with E-state index in [4.69, 9.17) is 9.47 Å². The summed E-state index contributed by atoms with van der Waals surface area (Å²) in [5.41, 5.74) is 1.66. The molecule has 2 atom stereocenters. The van der Waals surface area contributed by atoms with Crippen LogP contribution in [0.4, 0.5) is 4.39 Å². The first-order valence-corrected chi connectivity index (χ1v) is 11.5. The number of hydrogen-bond acceptors (Lipinski definition) is 7. The molecular weight excluding hydrogens is 445 g/mol. The molecule has 3 aromatic rings. The van der Waals surface area contributed by atoms with E-state index in [1.165, 1.54) is 23.9 Å². The highest BCUT2D eigenvalue weighted by atomic mass is 32.2. The molecule has 33 heavy (non-hydrogen) atoms. The fraction of sp³-hybridized carbons (Fsp3) is 0.348. The number of benzene rings is 2. The van der Waals surface area contributed by atoms with Gasteiger partial charge in [0.05, 0.1) is 17.8 Å². The molecule has 0 radical (unpaired) electrons. The van der Waals surface area contributed by atoms with Gasteiger partial charge < -0.3 is 14.8 Å².